The predicted octanol–water partition coefficient (Wildman–Crippen LogP) is 11.2. The van der Waals surface area contributed by atoms with Gasteiger partial charge in [-0.2, -0.15) is 0 Å². The third kappa shape index (κ3) is 9.81. The second-order valence-electron chi connectivity index (χ2n) is 12.2. The minimum absolute atomic E-state index is 0.347. The number of benzene rings is 5. The van der Waals surface area contributed by atoms with Crippen molar-refractivity contribution in [1.82, 2.24) is 0 Å². The summed E-state index contributed by atoms with van der Waals surface area (Å²) in [6, 6.07) is 43.7. The van der Waals surface area contributed by atoms with Gasteiger partial charge in [0.25, 0.3) is 0 Å². The van der Waals surface area contributed by atoms with Gasteiger partial charge in [-0.25, -0.2) is 19.6 Å². The number of ether oxygens (including phenoxy) is 2. The Labute approximate surface area is 315 Å². The number of hydrogen-bond acceptors (Lipinski definition) is 6. The van der Waals surface area contributed by atoms with Gasteiger partial charge in [0.2, 0.25) is 0 Å². The van der Waals surface area contributed by atoms with E-state index in [4.69, 9.17) is 9.47 Å². The van der Waals surface area contributed by atoms with E-state index >= 15 is 0 Å². The van der Waals surface area contributed by atoms with Gasteiger partial charge in [-0.1, -0.05) is 97.1 Å². The van der Waals surface area contributed by atoms with Gasteiger partial charge in [-0.3, -0.25) is 0 Å². The number of esters is 2. The lowest BCUT2D eigenvalue weighted by atomic mass is 9.98. The van der Waals surface area contributed by atoms with Crippen LogP contribution in [0.3, 0.4) is 0 Å². The molecule has 0 radical (unpaired) electrons. The molecule has 1 aliphatic carbocycles. The van der Waals surface area contributed by atoms with Crippen molar-refractivity contribution in [3.63, 3.8) is 0 Å². The molecule has 0 saturated carbocycles. The fraction of sp³-hybridized carbons (Fsp3) is 0.0833. The zero-order chi connectivity index (χ0) is 37.5. The van der Waals surface area contributed by atoms with Crippen LogP contribution in [0.5, 0.6) is 11.5 Å². The Hall–Kier alpha value is -7.10. The largest absolute Gasteiger partial charge is 0.423 e. The minimum Gasteiger partial charge on any atom is -0.423 e. The zero-order valence-corrected chi connectivity index (χ0v) is 30.1. The summed E-state index contributed by atoms with van der Waals surface area (Å²) in [6.45, 7) is 3.93. The maximum absolute atomic E-state index is 13.1. The van der Waals surface area contributed by atoms with Crippen LogP contribution in [0.2, 0.25) is 0 Å². The lowest BCUT2D eigenvalue weighted by molar-refractivity contribution is -0.131. The van der Waals surface area contributed by atoms with Crippen LogP contribution in [0.25, 0.3) is 11.1 Å². The highest BCUT2D eigenvalue weighted by Gasteiger charge is 2.21. The maximum Gasteiger partial charge on any atom is 0.339 e. The first-order valence-electron chi connectivity index (χ1n) is 17.7. The maximum atomic E-state index is 13.1. The average Bonchev–Trinajstić information content (AvgIpc) is 3.23. The van der Waals surface area contributed by atoms with Crippen LogP contribution >= 0.6 is 0 Å². The molecule has 54 heavy (non-hydrogen) atoms. The van der Waals surface area contributed by atoms with Crippen molar-refractivity contribution < 1.29 is 19.1 Å². The number of para-hydroxylation sites is 2. The lowest BCUT2D eigenvalue weighted by Crippen LogP contribution is -2.17. The van der Waals surface area contributed by atoms with Gasteiger partial charge in [-0.15, -0.1) is 0 Å². The van der Waals surface area contributed by atoms with E-state index in [0.29, 0.717) is 35.5 Å². The van der Waals surface area contributed by atoms with E-state index in [-0.39, 0.29) is 0 Å². The van der Waals surface area contributed by atoms with Crippen molar-refractivity contribution in [3.8, 4) is 11.5 Å². The highest BCUT2D eigenvalue weighted by molar-refractivity contribution is 6.01. The molecule has 0 unspecified atom stereocenters. The first-order valence-corrected chi connectivity index (χ1v) is 17.7. The first kappa shape index (κ1) is 36.7. The summed E-state index contributed by atoms with van der Waals surface area (Å²) in [6.07, 6.45) is 9.92. The molecule has 1 aliphatic rings. The number of allylic oxidation sites excluding steroid dienone is 7. The van der Waals surface area contributed by atoms with Crippen LogP contribution in [0, 0.1) is 0 Å². The van der Waals surface area contributed by atoms with E-state index in [1.807, 2.05) is 147 Å². The van der Waals surface area contributed by atoms with E-state index in [1.54, 1.807) is 36.4 Å². The molecule has 0 fully saturated rings. The van der Waals surface area contributed by atoms with Gasteiger partial charge < -0.3 is 9.47 Å². The van der Waals surface area contributed by atoms with Crippen molar-refractivity contribution >= 4 is 46.2 Å². The Morgan fingerprint density at radius 3 is 1.46 bits per heavy atom. The summed E-state index contributed by atoms with van der Waals surface area (Å²) in [5, 5.41) is 0. The van der Waals surface area contributed by atoms with Gasteiger partial charge >= 0.3 is 11.9 Å². The first-order chi connectivity index (χ1) is 26.5. The van der Waals surface area contributed by atoms with E-state index < -0.39 is 11.9 Å². The molecule has 0 spiro atoms. The standard InChI is InChI=1S/C48H38N2O4/c1-3-14-35(4-2)45(33-49-41-17-10-6-11-18-41)37-25-29-43(30-26-37)53-47(51)39-21-23-40(24-22-39)48(52)54-44-31-27-38(28-32-44)46(36-15-8-5-9-16-36)34-50-42-19-12-7-13-20-42/h3-21,23,25-32H,22,24H2,1-2H3/b14-3-,35-4+. The molecule has 0 saturated heterocycles. The van der Waals surface area contributed by atoms with Crippen molar-refractivity contribution in [2.75, 3.05) is 0 Å². The third-order valence-electron chi connectivity index (χ3n) is 8.50. The summed E-state index contributed by atoms with van der Waals surface area (Å²) in [4.78, 5) is 35.2. The zero-order valence-electron chi connectivity index (χ0n) is 30.1. The highest BCUT2D eigenvalue weighted by Crippen LogP contribution is 2.28. The molecule has 5 aromatic rings. The van der Waals surface area contributed by atoms with Gasteiger partial charge in [0.05, 0.1) is 22.5 Å². The van der Waals surface area contributed by atoms with Crippen LogP contribution < -0.4 is 9.47 Å². The summed E-state index contributed by atoms with van der Waals surface area (Å²) in [5.41, 5.74) is 7.85. The van der Waals surface area contributed by atoms with Crippen molar-refractivity contribution in [2.24, 2.45) is 9.98 Å². The van der Waals surface area contributed by atoms with Crippen LogP contribution in [-0.4, -0.2) is 23.7 Å². The predicted molar refractivity (Wildman–Crippen MR) is 218 cm³/mol. The van der Waals surface area contributed by atoms with E-state index in [1.165, 1.54) is 0 Å². The Kier molecular flexibility index (Phi) is 12.5. The summed E-state index contributed by atoms with van der Waals surface area (Å²) >= 11 is 0. The van der Waals surface area contributed by atoms with E-state index in [0.717, 1.165) is 44.8 Å². The number of hydrogen-bond donors (Lipinski definition) is 0. The summed E-state index contributed by atoms with van der Waals surface area (Å²) < 4.78 is 11.4. The monoisotopic (exact) mass is 706 g/mol. The molecule has 0 N–H and O–H groups in total. The molecule has 0 atom stereocenters. The highest BCUT2D eigenvalue weighted by atomic mass is 16.5. The van der Waals surface area contributed by atoms with Gasteiger partial charge in [0, 0.05) is 11.1 Å². The fourth-order valence-corrected chi connectivity index (χ4v) is 5.65. The van der Waals surface area contributed by atoms with E-state index in [2.05, 4.69) is 21.7 Å². The SMILES string of the molecule is C/C=C\C(=C/C)C(=C=Nc1ccccc1)c1ccc(OC(=O)C2=CC=C(C(=O)Oc3ccc(C(=C=Nc4ccccc4)c4ccccc4)cc3)CC2)cc1. The number of carbonyl (C=O) groups excluding carboxylic acids is 2. The molecular weight excluding hydrogens is 669 g/mol. The lowest BCUT2D eigenvalue weighted by Gasteiger charge is -2.14. The fourth-order valence-electron chi connectivity index (χ4n) is 5.65. The third-order valence-corrected chi connectivity index (χ3v) is 8.50. The molecule has 5 aromatic carbocycles. The average molecular weight is 707 g/mol. The molecule has 0 aliphatic heterocycles. The van der Waals surface area contributed by atoms with Crippen molar-refractivity contribution in [3.05, 3.63) is 203 Å². The molecule has 6 nitrogen and oxygen atoms in total. The van der Waals surface area contributed by atoms with Crippen LogP contribution in [0.15, 0.2) is 197 Å². The second kappa shape index (κ2) is 18.4. The van der Waals surface area contributed by atoms with Crippen LogP contribution in [0.1, 0.15) is 43.4 Å². The molecule has 0 aromatic heterocycles. The van der Waals surface area contributed by atoms with Gasteiger partial charge in [0.15, 0.2) is 0 Å². The topological polar surface area (TPSA) is 77.3 Å². The smallest absolute Gasteiger partial charge is 0.339 e. The quantitative estimate of drug-likeness (QED) is 0.0593. The molecule has 264 valence electrons. The van der Waals surface area contributed by atoms with E-state index in [9.17, 15) is 9.59 Å². The molecule has 0 amide bonds. The summed E-state index contributed by atoms with van der Waals surface area (Å²) in [7, 11) is 0. The van der Waals surface area contributed by atoms with Crippen molar-refractivity contribution in [1.29, 1.82) is 0 Å². The molecule has 6 heteroatoms. The number of aliphatic imine (C=N–C) groups is 2. The number of nitrogens with zero attached hydrogens (tertiary/aromatic N) is 2. The molecule has 0 bridgehead atoms. The Bertz CT molecular complexity index is 2350. The molecule has 6 rings (SSSR count). The molecular formula is C48H38N2O4. The number of rotatable bonds is 11. The Balaban J connectivity index is 1.11. The summed E-state index contributed by atoms with van der Waals surface area (Å²) in [5.74, 6) is 6.29. The molecule has 0 heterocycles. The van der Waals surface area contributed by atoms with Gasteiger partial charge in [-0.05, 0) is 133 Å². The van der Waals surface area contributed by atoms with Gasteiger partial charge in [0.1, 0.15) is 11.5 Å². The number of carbonyl (C=O) groups is 2. The van der Waals surface area contributed by atoms with Crippen molar-refractivity contribution in [2.45, 2.75) is 26.7 Å². The Morgan fingerprint density at radius 1 is 0.556 bits per heavy atom. The Morgan fingerprint density at radius 2 is 1.00 bits per heavy atom. The minimum atomic E-state index is -0.468. The normalized spacial score (nSPS) is 12.4. The van der Waals surface area contributed by atoms with Crippen LogP contribution in [0.4, 0.5) is 11.4 Å². The second-order valence-corrected chi connectivity index (χ2v) is 12.2. The van der Waals surface area contributed by atoms with Crippen LogP contribution in [-0.2, 0) is 9.59 Å².